The second-order valence-electron chi connectivity index (χ2n) is 6.38. The van der Waals surface area contributed by atoms with E-state index in [0.29, 0.717) is 16.5 Å². The normalized spacial score (nSPS) is 10.7. The monoisotopic (exact) mass is 386 g/mol. The van der Waals surface area contributed by atoms with Crippen LogP contribution in [0.1, 0.15) is 16.1 Å². The van der Waals surface area contributed by atoms with E-state index in [0.717, 1.165) is 5.56 Å². The van der Waals surface area contributed by atoms with Gasteiger partial charge in [-0.1, -0.05) is 60.7 Å². The molecule has 1 heterocycles. The molecule has 6 heteroatoms. The highest BCUT2D eigenvalue weighted by atomic mass is 16.6. The van der Waals surface area contributed by atoms with E-state index >= 15 is 0 Å². The summed E-state index contributed by atoms with van der Waals surface area (Å²) in [4.78, 5) is 25.9. The van der Waals surface area contributed by atoms with Gasteiger partial charge in [-0.25, -0.2) is 9.48 Å². The summed E-state index contributed by atoms with van der Waals surface area (Å²) >= 11 is 0. The number of ether oxygens (including phenoxy) is 2. The zero-order valence-corrected chi connectivity index (χ0v) is 15.7. The lowest BCUT2D eigenvalue weighted by Gasteiger charge is -2.12. The molecule has 0 N–H and O–H groups in total. The summed E-state index contributed by atoms with van der Waals surface area (Å²) in [6.45, 7) is 0.249. The first-order chi connectivity index (χ1) is 14.2. The van der Waals surface area contributed by atoms with Crippen LogP contribution in [0.5, 0.6) is 11.5 Å². The summed E-state index contributed by atoms with van der Waals surface area (Å²) in [7, 11) is 1.50. The highest BCUT2D eigenvalue weighted by Gasteiger charge is 2.20. The summed E-state index contributed by atoms with van der Waals surface area (Å²) in [5.74, 6) is 0.0574. The largest absolute Gasteiger partial charge is 0.493 e. The van der Waals surface area contributed by atoms with Crippen LogP contribution in [0.25, 0.3) is 10.8 Å². The smallest absolute Gasteiger partial charge is 0.364 e. The number of aromatic nitrogens is 2. The molecule has 0 spiro atoms. The van der Waals surface area contributed by atoms with E-state index in [1.165, 1.54) is 11.8 Å². The molecule has 0 aliphatic carbocycles. The molecule has 0 saturated carbocycles. The molecule has 0 atom stereocenters. The molecule has 29 heavy (non-hydrogen) atoms. The van der Waals surface area contributed by atoms with Crippen molar-refractivity contribution in [3.63, 3.8) is 0 Å². The third kappa shape index (κ3) is 3.73. The maximum Gasteiger partial charge on any atom is 0.364 e. The molecular formula is C23H18N2O4. The highest BCUT2D eigenvalue weighted by molar-refractivity contribution is 6.03. The van der Waals surface area contributed by atoms with Crippen molar-refractivity contribution in [2.24, 2.45) is 0 Å². The number of nitrogens with zero attached hydrogens (tertiary/aromatic N) is 2. The molecule has 0 bridgehead atoms. The van der Waals surface area contributed by atoms with E-state index in [4.69, 9.17) is 9.47 Å². The van der Waals surface area contributed by atoms with Crippen molar-refractivity contribution >= 4 is 16.7 Å². The average Bonchev–Trinajstić information content (AvgIpc) is 2.77. The molecule has 1 aromatic heterocycles. The van der Waals surface area contributed by atoms with Gasteiger partial charge < -0.3 is 9.47 Å². The van der Waals surface area contributed by atoms with Gasteiger partial charge in [0, 0.05) is 5.39 Å². The number of rotatable bonds is 5. The van der Waals surface area contributed by atoms with Crippen LogP contribution in [0.4, 0.5) is 0 Å². The summed E-state index contributed by atoms with van der Waals surface area (Å²) in [6, 6.07) is 23.2. The Balaban J connectivity index is 1.79. The summed E-state index contributed by atoms with van der Waals surface area (Å²) in [5.41, 5.74) is 0.710. The molecule has 0 aliphatic rings. The molecule has 3 aromatic carbocycles. The fraction of sp³-hybridized carbons (Fsp3) is 0.0870. The number of para-hydroxylation sites is 2. The van der Waals surface area contributed by atoms with Crippen LogP contribution >= 0.6 is 0 Å². The van der Waals surface area contributed by atoms with E-state index < -0.39 is 5.97 Å². The van der Waals surface area contributed by atoms with Gasteiger partial charge in [0.05, 0.1) is 19.0 Å². The van der Waals surface area contributed by atoms with Gasteiger partial charge in [0.1, 0.15) is 0 Å². The van der Waals surface area contributed by atoms with Crippen LogP contribution in [-0.4, -0.2) is 22.9 Å². The Morgan fingerprint density at radius 3 is 2.21 bits per heavy atom. The van der Waals surface area contributed by atoms with Gasteiger partial charge in [-0.3, -0.25) is 4.79 Å². The van der Waals surface area contributed by atoms with Crippen LogP contribution < -0.4 is 15.0 Å². The Morgan fingerprint density at radius 1 is 0.862 bits per heavy atom. The topological polar surface area (TPSA) is 70.4 Å². The van der Waals surface area contributed by atoms with Crippen LogP contribution in [0.2, 0.25) is 0 Å². The number of fused-ring (bicyclic) bond motifs is 1. The summed E-state index contributed by atoms with van der Waals surface area (Å²) in [5, 5.41) is 5.19. The Bertz CT molecular complexity index is 1230. The zero-order valence-electron chi connectivity index (χ0n) is 15.7. The molecule has 0 unspecified atom stereocenters. The molecule has 0 radical (unpaired) electrons. The molecule has 4 rings (SSSR count). The predicted octanol–water partition coefficient (Wildman–Crippen LogP) is 3.67. The van der Waals surface area contributed by atoms with Gasteiger partial charge in [0.25, 0.3) is 5.56 Å². The quantitative estimate of drug-likeness (QED) is 0.387. The Labute approximate surface area is 166 Å². The number of methoxy groups -OCH3 is 1. The maximum absolute atomic E-state index is 13.0. The van der Waals surface area contributed by atoms with E-state index in [-0.39, 0.29) is 23.5 Å². The molecule has 6 nitrogen and oxygen atoms in total. The van der Waals surface area contributed by atoms with E-state index in [2.05, 4.69) is 5.10 Å². The second kappa shape index (κ2) is 7.98. The summed E-state index contributed by atoms with van der Waals surface area (Å²) < 4.78 is 12.1. The lowest BCUT2D eigenvalue weighted by atomic mass is 10.1. The third-order valence-electron chi connectivity index (χ3n) is 4.51. The Hall–Kier alpha value is -3.93. The molecule has 0 fully saturated rings. The average molecular weight is 386 g/mol. The van der Waals surface area contributed by atoms with Gasteiger partial charge in [0.15, 0.2) is 17.2 Å². The Morgan fingerprint density at radius 2 is 1.48 bits per heavy atom. The SMILES string of the molecule is COc1ccccc1OC(=O)c1nn(Cc2ccccc2)c(=O)c2ccccc12. The van der Waals surface area contributed by atoms with Crippen molar-refractivity contribution in [1.82, 2.24) is 9.78 Å². The fourth-order valence-corrected chi connectivity index (χ4v) is 3.10. The maximum atomic E-state index is 13.0. The first-order valence-corrected chi connectivity index (χ1v) is 9.06. The van der Waals surface area contributed by atoms with Gasteiger partial charge in [-0.05, 0) is 23.8 Å². The third-order valence-corrected chi connectivity index (χ3v) is 4.51. The minimum absolute atomic E-state index is 0.0713. The molecular weight excluding hydrogens is 368 g/mol. The number of hydrogen-bond acceptors (Lipinski definition) is 5. The van der Waals surface area contributed by atoms with Crippen LogP contribution in [0.3, 0.4) is 0 Å². The number of benzene rings is 3. The van der Waals surface area contributed by atoms with Crippen molar-refractivity contribution in [2.45, 2.75) is 6.54 Å². The zero-order chi connectivity index (χ0) is 20.2. The van der Waals surface area contributed by atoms with Crippen LogP contribution in [0.15, 0.2) is 83.7 Å². The number of esters is 1. The fourth-order valence-electron chi connectivity index (χ4n) is 3.10. The lowest BCUT2D eigenvalue weighted by molar-refractivity contribution is 0.0723. The number of carbonyl (C=O) groups is 1. The minimum Gasteiger partial charge on any atom is -0.493 e. The van der Waals surface area contributed by atoms with E-state index in [1.54, 1.807) is 48.5 Å². The first kappa shape index (κ1) is 18.4. The molecule has 144 valence electrons. The standard InChI is InChI=1S/C23H18N2O4/c1-28-19-13-7-8-14-20(19)29-23(27)21-17-11-5-6-12-18(17)22(26)25(24-21)15-16-9-3-2-4-10-16/h2-14H,15H2,1H3. The van der Waals surface area contributed by atoms with E-state index in [1.807, 2.05) is 30.3 Å². The summed E-state index contributed by atoms with van der Waals surface area (Å²) in [6.07, 6.45) is 0. The van der Waals surface area contributed by atoms with Gasteiger partial charge >= 0.3 is 5.97 Å². The lowest BCUT2D eigenvalue weighted by Crippen LogP contribution is -2.27. The van der Waals surface area contributed by atoms with Gasteiger partial charge in [-0.2, -0.15) is 5.10 Å². The molecule has 4 aromatic rings. The highest BCUT2D eigenvalue weighted by Crippen LogP contribution is 2.27. The number of carbonyl (C=O) groups excluding carboxylic acids is 1. The van der Waals surface area contributed by atoms with Crippen molar-refractivity contribution in [3.8, 4) is 11.5 Å². The van der Waals surface area contributed by atoms with Crippen LogP contribution in [-0.2, 0) is 6.54 Å². The van der Waals surface area contributed by atoms with E-state index in [9.17, 15) is 9.59 Å². The molecule has 0 amide bonds. The predicted molar refractivity (Wildman–Crippen MR) is 109 cm³/mol. The van der Waals surface area contributed by atoms with Crippen molar-refractivity contribution < 1.29 is 14.3 Å². The molecule has 0 saturated heterocycles. The minimum atomic E-state index is -0.660. The van der Waals surface area contributed by atoms with Crippen molar-refractivity contribution in [2.75, 3.05) is 7.11 Å². The van der Waals surface area contributed by atoms with Gasteiger partial charge in [-0.15, -0.1) is 0 Å². The number of hydrogen-bond donors (Lipinski definition) is 0. The second-order valence-corrected chi connectivity index (χ2v) is 6.38. The van der Waals surface area contributed by atoms with Crippen LogP contribution in [0, 0.1) is 0 Å². The van der Waals surface area contributed by atoms with Crippen molar-refractivity contribution in [1.29, 1.82) is 0 Å². The molecule has 0 aliphatic heterocycles. The van der Waals surface area contributed by atoms with Crippen molar-refractivity contribution in [3.05, 3.63) is 100 Å². The Kier molecular flexibility index (Phi) is 5.07. The van der Waals surface area contributed by atoms with Gasteiger partial charge in [0.2, 0.25) is 0 Å². The first-order valence-electron chi connectivity index (χ1n) is 9.06.